The minimum Gasteiger partial charge on any atom is -0.362 e. The molecule has 0 aromatic rings. The highest BCUT2D eigenvalue weighted by Crippen LogP contribution is 2.20. The number of alkyl halides is 3. The molecule has 122 valence electrons. The fourth-order valence-corrected chi connectivity index (χ4v) is 2.90. The van der Waals surface area contributed by atoms with Crippen molar-refractivity contribution in [3.8, 4) is 0 Å². The molecule has 2 heterocycles. The van der Waals surface area contributed by atoms with Crippen molar-refractivity contribution in [2.45, 2.75) is 37.5 Å². The number of likely N-dealkylation sites (tertiary alicyclic amines) is 2. The molecule has 0 aliphatic carbocycles. The van der Waals surface area contributed by atoms with E-state index in [1.165, 1.54) is 0 Å². The quantitative estimate of drug-likeness (QED) is 0.826. The first kappa shape index (κ1) is 16.5. The third-order valence-electron chi connectivity index (χ3n) is 4.10. The van der Waals surface area contributed by atoms with Gasteiger partial charge in [0.25, 0.3) is 0 Å². The topological polar surface area (TPSA) is 58.8 Å². The fraction of sp³-hybridized carbons (Fsp3) is 0.923. The maximum atomic E-state index is 12.0. The summed E-state index contributed by atoms with van der Waals surface area (Å²) in [7, 11) is 0. The van der Waals surface area contributed by atoms with Gasteiger partial charge < -0.3 is 15.4 Å². The largest absolute Gasteiger partial charge is 0.411 e. The predicted octanol–water partition coefficient (Wildman–Crippen LogP) is 0.589. The summed E-state index contributed by atoms with van der Waals surface area (Å²) in [6.07, 6.45) is -1.61. The van der Waals surface area contributed by atoms with E-state index in [4.69, 9.17) is 5.73 Å². The SMILES string of the molecule is NC1CCN(C2CCN(C(=O)COCC(F)(F)F)C2)CC1. The standard InChI is InChI=1S/C13H22F3N3O2/c14-13(15,16)9-21-8-12(20)19-6-3-11(7-19)18-4-1-10(17)2-5-18/h10-11H,1-9,17H2. The highest BCUT2D eigenvalue weighted by Gasteiger charge is 2.33. The summed E-state index contributed by atoms with van der Waals surface area (Å²) in [6.45, 7) is 1.14. The number of hydrogen-bond donors (Lipinski definition) is 1. The molecule has 0 aromatic heterocycles. The van der Waals surface area contributed by atoms with Crippen LogP contribution < -0.4 is 5.73 Å². The van der Waals surface area contributed by atoms with Crippen LogP contribution in [0.25, 0.3) is 0 Å². The molecular formula is C13H22F3N3O2. The molecule has 1 unspecified atom stereocenters. The Bertz CT molecular complexity index is 357. The summed E-state index contributed by atoms with van der Waals surface area (Å²) in [6, 6.07) is 0.556. The van der Waals surface area contributed by atoms with Crippen LogP contribution in [0.1, 0.15) is 19.3 Å². The van der Waals surface area contributed by atoms with Crippen LogP contribution in [0.15, 0.2) is 0 Å². The first-order chi connectivity index (χ1) is 9.85. The maximum absolute atomic E-state index is 12.0. The number of rotatable bonds is 4. The first-order valence-electron chi connectivity index (χ1n) is 7.27. The number of halogens is 3. The molecule has 0 aromatic carbocycles. The van der Waals surface area contributed by atoms with Crippen molar-refractivity contribution in [2.75, 3.05) is 39.4 Å². The van der Waals surface area contributed by atoms with Crippen LogP contribution in [-0.2, 0) is 9.53 Å². The number of piperidine rings is 1. The number of amides is 1. The minimum absolute atomic E-state index is 0.260. The van der Waals surface area contributed by atoms with Crippen molar-refractivity contribution in [1.29, 1.82) is 0 Å². The molecule has 5 nitrogen and oxygen atoms in total. The van der Waals surface area contributed by atoms with E-state index < -0.39 is 19.4 Å². The zero-order valence-electron chi connectivity index (χ0n) is 11.9. The molecule has 0 radical (unpaired) electrons. The van der Waals surface area contributed by atoms with E-state index in [0.717, 1.165) is 32.4 Å². The Morgan fingerprint density at radius 3 is 2.48 bits per heavy atom. The zero-order chi connectivity index (χ0) is 15.5. The van der Waals surface area contributed by atoms with Gasteiger partial charge in [-0.05, 0) is 32.4 Å². The van der Waals surface area contributed by atoms with Crippen molar-refractivity contribution < 1.29 is 22.7 Å². The Labute approximate surface area is 122 Å². The second kappa shape index (κ2) is 6.93. The fourth-order valence-electron chi connectivity index (χ4n) is 2.90. The molecule has 1 amide bonds. The molecule has 8 heteroatoms. The van der Waals surface area contributed by atoms with E-state index in [2.05, 4.69) is 9.64 Å². The van der Waals surface area contributed by atoms with Gasteiger partial charge in [0, 0.05) is 25.2 Å². The highest BCUT2D eigenvalue weighted by atomic mass is 19.4. The number of nitrogens with zero attached hydrogens (tertiary/aromatic N) is 2. The van der Waals surface area contributed by atoms with E-state index in [1.54, 1.807) is 4.90 Å². The predicted molar refractivity (Wildman–Crippen MR) is 70.6 cm³/mol. The number of hydrogen-bond acceptors (Lipinski definition) is 4. The molecule has 2 aliphatic heterocycles. The molecule has 2 N–H and O–H groups in total. The van der Waals surface area contributed by atoms with E-state index in [0.29, 0.717) is 19.1 Å². The van der Waals surface area contributed by atoms with Gasteiger partial charge in [-0.3, -0.25) is 9.69 Å². The van der Waals surface area contributed by atoms with Crippen molar-refractivity contribution in [3.05, 3.63) is 0 Å². The van der Waals surface area contributed by atoms with Crippen LogP contribution >= 0.6 is 0 Å². The van der Waals surface area contributed by atoms with Gasteiger partial charge in [0.2, 0.25) is 5.91 Å². The van der Waals surface area contributed by atoms with E-state index in [9.17, 15) is 18.0 Å². The van der Waals surface area contributed by atoms with Crippen molar-refractivity contribution in [3.63, 3.8) is 0 Å². The average molecular weight is 309 g/mol. The van der Waals surface area contributed by atoms with Crippen LogP contribution in [-0.4, -0.2) is 73.4 Å². The molecule has 2 rings (SSSR count). The summed E-state index contributed by atoms with van der Waals surface area (Å²) in [5.41, 5.74) is 5.86. The number of carbonyl (C=O) groups excluding carboxylic acids is 1. The van der Waals surface area contributed by atoms with E-state index in [-0.39, 0.29) is 11.9 Å². The Kier molecular flexibility index (Phi) is 5.45. The van der Waals surface area contributed by atoms with Crippen molar-refractivity contribution in [2.24, 2.45) is 5.73 Å². The van der Waals surface area contributed by atoms with Crippen LogP contribution in [0.2, 0.25) is 0 Å². The summed E-state index contributed by atoms with van der Waals surface area (Å²) >= 11 is 0. The summed E-state index contributed by atoms with van der Waals surface area (Å²) in [4.78, 5) is 15.7. The second-order valence-corrected chi connectivity index (χ2v) is 5.76. The number of ether oxygens (including phenoxy) is 1. The minimum atomic E-state index is -4.39. The van der Waals surface area contributed by atoms with E-state index in [1.807, 2.05) is 0 Å². The molecule has 0 spiro atoms. The number of nitrogens with two attached hydrogens (primary N) is 1. The van der Waals surface area contributed by atoms with Crippen molar-refractivity contribution in [1.82, 2.24) is 9.80 Å². The van der Waals surface area contributed by atoms with Gasteiger partial charge in [0.15, 0.2) is 0 Å². The second-order valence-electron chi connectivity index (χ2n) is 5.76. The Hall–Kier alpha value is -0.860. The molecule has 21 heavy (non-hydrogen) atoms. The van der Waals surface area contributed by atoms with Gasteiger partial charge in [-0.15, -0.1) is 0 Å². The molecule has 1 atom stereocenters. The lowest BCUT2D eigenvalue weighted by Gasteiger charge is -2.34. The number of carbonyl (C=O) groups is 1. The Morgan fingerprint density at radius 2 is 1.86 bits per heavy atom. The summed E-state index contributed by atoms with van der Waals surface area (Å²) in [5, 5.41) is 0. The van der Waals surface area contributed by atoms with Gasteiger partial charge in [-0.25, -0.2) is 0 Å². The third-order valence-corrected chi connectivity index (χ3v) is 4.10. The average Bonchev–Trinajstić information content (AvgIpc) is 2.87. The van der Waals surface area contributed by atoms with Gasteiger partial charge in [-0.1, -0.05) is 0 Å². The van der Waals surface area contributed by atoms with Gasteiger partial charge in [0.1, 0.15) is 13.2 Å². The van der Waals surface area contributed by atoms with E-state index >= 15 is 0 Å². The zero-order valence-corrected chi connectivity index (χ0v) is 11.9. The van der Waals surface area contributed by atoms with Crippen LogP contribution in [0.5, 0.6) is 0 Å². The molecule has 2 aliphatic rings. The lowest BCUT2D eigenvalue weighted by atomic mass is 10.0. The summed E-state index contributed by atoms with van der Waals surface area (Å²) in [5.74, 6) is -0.365. The van der Waals surface area contributed by atoms with Crippen LogP contribution in [0, 0.1) is 0 Å². The molecule has 0 saturated carbocycles. The third kappa shape index (κ3) is 5.12. The maximum Gasteiger partial charge on any atom is 0.411 e. The molecule has 0 bridgehead atoms. The van der Waals surface area contributed by atoms with Crippen LogP contribution in [0.3, 0.4) is 0 Å². The summed E-state index contributed by atoms with van der Waals surface area (Å²) < 4.78 is 40.3. The van der Waals surface area contributed by atoms with Gasteiger partial charge in [-0.2, -0.15) is 13.2 Å². The normalized spacial score (nSPS) is 25.5. The lowest BCUT2D eigenvalue weighted by Crippen LogP contribution is -2.46. The lowest BCUT2D eigenvalue weighted by molar-refractivity contribution is -0.177. The molecule has 2 fully saturated rings. The smallest absolute Gasteiger partial charge is 0.362 e. The highest BCUT2D eigenvalue weighted by molar-refractivity contribution is 5.77. The molecular weight excluding hydrogens is 287 g/mol. The van der Waals surface area contributed by atoms with Gasteiger partial charge in [0.05, 0.1) is 0 Å². The Balaban J connectivity index is 1.70. The first-order valence-corrected chi connectivity index (χ1v) is 7.27. The van der Waals surface area contributed by atoms with Crippen molar-refractivity contribution >= 4 is 5.91 Å². The molecule has 2 saturated heterocycles. The Morgan fingerprint density at radius 1 is 1.19 bits per heavy atom. The monoisotopic (exact) mass is 309 g/mol. The van der Waals surface area contributed by atoms with Gasteiger partial charge >= 0.3 is 6.18 Å². The van der Waals surface area contributed by atoms with Crippen LogP contribution in [0.4, 0.5) is 13.2 Å².